The van der Waals surface area contributed by atoms with Gasteiger partial charge in [0.2, 0.25) is 0 Å². The minimum atomic E-state index is -4.78. The van der Waals surface area contributed by atoms with E-state index in [1.807, 2.05) is 36.2 Å². The van der Waals surface area contributed by atoms with Gasteiger partial charge in [0.15, 0.2) is 11.6 Å². The number of carbonyl (C=O) groups excluding carboxylic acids is 1. The predicted molar refractivity (Wildman–Crippen MR) is 102 cm³/mol. The number of para-hydroxylation sites is 2. The van der Waals surface area contributed by atoms with E-state index in [1.165, 1.54) is 17.0 Å². The van der Waals surface area contributed by atoms with Gasteiger partial charge < -0.3 is 9.64 Å². The number of benzene rings is 2. The summed E-state index contributed by atoms with van der Waals surface area (Å²) < 4.78 is 40.9. The number of hydrogen-bond acceptors (Lipinski definition) is 5. The molecule has 0 saturated heterocycles. The Morgan fingerprint density at radius 3 is 2.21 bits per heavy atom. The maximum absolute atomic E-state index is 13.1. The van der Waals surface area contributed by atoms with Crippen molar-refractivity contribution >= 4 is 28.6 Å². The first-order chi connectivity index (χ1) is 13.8. The number of aromatic nitrogens is 2. The van der Waals surface area contributed by atoms with Gasteiger partial charge in [0.25, 0.3) is 5.91 Å². The second-order valence-corrected chi connectivity index (χ2v) is 6.66. The van der Waals surface area contributed by atoms with Crippen molar-refractivity contribution in [1.82, 2.24) is 9.97 Å². The first kappa shape index (κ1) is 19.0. The Kier molecular flexibility index (Phi) is 4.73. The van der Waals surface area contributed by atoms with Crippen LogP contribution < -0.4 is 14.5 Å². The first-order valence-electron chi connectivity index (χ1n) is 8.97. The Hall–Kier alpha value is -3.36. The number of ether oxygens (including phenoxy) is 1. The third-order valence-corrected chi connectivity index (χ3v) is 4.61. The Morgan fingerprint density at radius 1 is 0.966 bits per heavy atom. The molecule has 0 spiro atoms. The number of carbonyl (C=O) groups is 1. The van der Waals surface area contributed by atoms with Crippen LogP contribution in [0.1, 0.15) is 16.8 Å². The molecule has 3 aromatic rings. The van der Waals surface area contributed by atoms with Crippen LogP contribution in [0.4, 0.5) is 24.8 Å². The predicted octanol–water partition coefficient (Wildman–Crippen LogP) is 4.02. The molecule has 0 N–H and O–H groups in total. The molecular weight excluding hydrogens is 385 g/mol. The van der Waals surface area contributed by atoms with E-state index in [4.69, 9.17) is 0 Å². The van der Waals surface area contributed by atoms with Gasteiger partial charge >= 0.3 is 6.36 Å². The molecule has 2 aromatic carbocycles. The van der Waals surface area contributed by atoms with E-state index in [0.717, 1.165) is 17.6 Å². The molecule has 0 radical (unpaired) electrons. The van der Waals surface area contributed by atoms with Crippen molar-refractivity contribution in [2.24, 2.45) is 0 Å². The van der Waals surface area contributed by atoms with Crippen molar-refractivity contribution in [1.29, 1.82) is 0 Å². The van der Waals surface area contributed by atoms with Gasteiger partial charge in [-0.05, 0) is 42.8 Å². The molecule has 6 nitrogen and oxygen atoms in total. The smallest absolute Gasteiger partial charge is 0.406 e. The summed E-state index contributed by atoms with van der Waals surface area (Å²) in [6.45, 7) is 1.12. The molecule has 1 aromatic heterocycles. The summed E-state index contributed by atoms with van der Waals surface area (Å²) in [5.41, 5.74) is 1.62. The van der Waals surface area contributed by atoms with Crippen LogP contribution in [0.3, 0.4) is 0 Å². The van der Waals surface area contributed by atoms with Crippen LogP contribution in [-0.2, 0) is 0 Å². The average molecular weight is 402 g/mol. The molecule has 29 heavy (non-hydrogen) atoms. The van der Waals surface area contributed by atoms with E-state index in [0.29, 0.717) is 36.7 Å². The molecule has 0 atom stereocenters. The molecule has 150 valence electrons. The number of halogens is 3. The van der Waals surface area contributed by atoms with Gasteiger partial charge in [-0.15, -0.1) is 13.2 Å². The molecule has 4 rings (SSSR count). The van der Waals surface area contributed by atoms with Crippen LogP contribution in [0.2, 0.25) is 0 Å². The normalized spacial score (nSPS) is 14.5. The molecule has 1 amide bonds. The zero-order chi connectivity index (χ0) is 20.6. The van der Waals surface area contributed by atoms with Crippen LogP contribution in [-0.4, -0.2) is 42.4 Å². The van der Waals surface area contributed by atoms with Crippen molar-refractivity contribution < 1.29 is 22.7 Å². The number of hydrogen-bond donors (Lipinski definition) is 0. The van der Waals surface area contributed by atoms with Gasteiger partial charge in [0.1, 0.15) is 5.75 Å². The van der Waals surface area contributed by atoms with E-state index in [1.54, 1.807) is 0 Å². The number of nitrogens with zero attached hydrogens (tertiary/aromatic N) is 4. The number of fused-ring (bicyclic) bond motifs is 2. The molecule has 1 aliphatic heterocycles. The van der Waals surface area contributed by atoms with Crippen LogP contribution in [0, 0.1) is 0 Å². The SMILES string of the molecule is CN1CCCN(C(=O)c2ccc(OC(F)(F)F)cc2)c2nc3ccccc3nc21. The number of anilines is 2. The zero-order valence-corrected chi connectivity index (χ0v) is 15.5. The molecule has 9 heteroatoms. The van der Waals surface area contributed by atoms with Gasteiger partial charge in [-0.1, -0.05) is 12.1 Å². The molecule has 0 aliphatic carbocycles. The minimum absolute atomic E-state index is 0.241. The van der Waals surface area contributed by atoms with E-state index >= 15 is 0 Å². The Balaban J connectivity index is 1.70. The first-order valence-corrected chi connectivity index (χ1v) is 8.97. The summed E-state index contributed by atoms with van der Waals surface area (Å²) in [5.74, 6) is 0.288. The fourth-order valence-corrected chi connectivity index (χ4v) is 3.25. The fraction of sp³-hybridized carbons (Fsp3) is 0.250. The van der Waals surface area contributed by atoms with E-state index in [9.17, 15) is 18.0 Å². The van der Waals surface area contributed by atoms with Crippen molar-refractivity contribution in [2.45, 2.75) is 12.8 Å². The highest BCUT2D eigenvalue weighted by Gasteiger charge is 2.31. The van der Waals surface area contributed by atoms with Crippen molar-refractivity contribution in [2.75, 3.05) is 29.9 Å². The minimum Gasteiger partial charge on any atom is -0.406 e. The third-order valence-electron chi connectivity index (χ3n) is 4.61. The van der Waals surface area contributed by atoms with Gasteiger partial charge in [-0.2, -0.15) is 0 Å². The standard InChI is InChI=1S/C20H17F3N4O2/c1-26-11-4-12-27(18-17(26)24-15-5-2-3-6-16(15)25-18)19(28)13-7-9-14(10-8-13)29-20(21,22)23/h2-3,5-10H,4,11-12H2,1H3. The quantitative estimate of drug-likeness (QED) is 0.648. The second kappa shape index (κ2) is 7.23. The van der Waals surface area contributed by atoms with Crippen LogP contribution >= 0.6 is 0 Å². The van der Waals surface area contributed by atoms with Crippen molar-refractivity contribution in [3.63, 3.8) is 0 Å². The molecule has 1 aliphatic rings. The van der Waals surface area contributed by atoms with Crippen molar-refractivity contribution in [3.8, 4) is 5.75 Å². The number of amides is 1. The maximum atomic E-state index is 13.1. The summed E-state index contributed by atoms with van der Waals surface area (Å²) >= 11 is 0. The lowest BCUT2D eigenvalue weighted by Crippen LogP contribution is -2.32. The summed E-state index contributed by atoms with van der Waals surface area (Å²) in [7, 11) is 1.89. The largest absolute Gasteiger partial charge is 0.573 e. The zero-order valence-electron chi connectivity index (χ0n) is 15.5. The lowest BCUT2D eigenvalue weighted by atomic mass is 10.2. The monoisotopic (exact) mass is 402 g/mol. The van der Waals surface area contributed by atoms with E-state index in [2.05, 4.69) is 14.7 Å². The number of rotatable bonds is 2. The summed E-state index contributed by atoms with van der Waals surface area (Å²) in [6, 6.07) is 12.3. The van der Waals surface area contributed by atoms with Crippen molar-refractivity contribution in [3.05, 3.63) is 54.1 Å². The molecule has 0 unspecified atom stereocenters. The summed E-state index contributed by atoms with van der Waals surface area (Å²) in [5, 5.41) is 0. The Labute approximate surface area is 164 Å². The summed E-state index contributed by atoms with van der Waals surface area (Å²) in [4.78, 5) is 25.9. The van der Waals surface area contributed by atoms with Crippen LogP contribution in [0.25, 0.3) is 11.0 Å². The van der Waals surface area contributed by atoms with Gasteiger partial charge in [0, 0.05) is 25.7 Å². The van der Waals surface area contributed by atoms with Crippen LogP contribution in [0.5, 0.6) is 5.75 Å². The van der Waals surface area contributed by atoms with Gasteiger partial charge in [0.05, 0.1) is 11.0 Å². The highest BCUT2D eigenvalue weighted by atomic mass is 19.4. The fourth-order valence-electron chi connectivity index (χ4n) is 3.25. The van der Waals surface area contributed by atoms with Crippen LogP contribution in [0.15, 0.2) is 48.5 Å². The molecule has 0 bridgehead atoms. The van der Waals surface area contributed by atoms with Gasteiger partial charge in [-0.25, -0.2) is 9.97 Å². The third kappa shape index (κ3) is 3.94. The Bertz CT molecular complexity index is 1050. The van der Waals surface area contributed by atoms with E-state index in [-0.39, 0.29) is 17.2 Å². The maximum Gasteiger partial charge on any atom is 0.573 e. The Morgan fingerprint density at radius 2 is 1.59 bits per heavy atom. The second-order valence-electron chi connectivity index (χ2n) is 6.66. The number of alkyl halides is 3. The average Bonchev–Trinajstić information content (AvgIpc) is 2.84. The summed E-state index contributed by atoms with van der Waals surface area (Å²) in [6.07, 6.45) is -4.08. The van der Waals surface area contributed by atoms with E-state index < -0.39 is 6.36 Å². The molecule has 2 heterocycles. The lowest BCUT2D eigenvalue weighted by Gasteiger charge is -2.23. The molecule has 0 saturated carbocycles. The topological polar surface area (TPSA) is 58.6 Å². The molecule has 0 fully saturated rings. The highest BCUT2D eigenvalue weighted by molar-refractivity contribution is 6.07. The van der Waals surface area contributed by atoms with Gasteiger partial charge in [-0.3, -0.25) is 9.69 Å². The lowest BCUT2D eigenvalue weighted by molar-refractivity contribution is -0.274. The molecular formula is C20H17F3N4O2. The highest BCUT2D eigenvalue weighted by Crippen LogP contribution is 2.31.